The van der Waals surface area contributed by atoms with Crippen molar-refractivity contribution in [2.45, 2.75) is 66.7 Å². The zero-order valence-electron chi connectivity index (χ0n) is 22.1. The van der Waals surface area contributed by atoms with Crippen LogP contribution < -0.4 is 15.4 Å². The maximum absolute atomic E-state index is 5.59. The van der Waals surface area contributed by atoms with E-state index in [-0.39, 0.29) is 5.41 Å². The standard InChI is InChI=1S/C25H33BrN2O.2C2H6/c1-6-16-28-23-14-12-20(26)17-22(23)25(4,7-2)15-9-10-19-11-13-21(27-8-3)18-24(19)29-5;2*1-2/h6,9-14,17-18,27-28H,1,7-8,15-16H2,2-5H3;2*1-2H3/p+1/b10-9+;;. The van der Waals surface area contributed by atoms with Gasteiger partial charge in [0.1, 0.15) is 11.4 Å². The minimum absolute atomic E-state index is 0.0459. The molecule has 4 heteroatoms. The fraction of sp³-hybridized carbons (Fsp3) is 0.448. The average molecular weight is 519 g/mol. The van der Waals surface area contributed by atoms with Gasteiger partial charge in [0, 0.05) is 45.4 Å². The van der Waals surface area contributed by atoms with Crippen molar-refractivity contribution >= 4 is 33.4 Å². The van der Waals surface area contributed by atoms with Crippen LogP contribution in [0, 0.1) is 0 Å². The van der Waals surface area contributed by atoms with E-state index >= 15 is 0 Å². The van der Waals surface area contributed by atoms with Gasteiger partial charge in [-0.3, -0.25) is 0 Å². The van der Waals surface area contributed by atoms with Gasteiger partial charge >= 0.3 is 0 Å². The van der Waals surface area contributed by atoms with Crippen molar-refractivity contribution in [2.24, 2.45) is 0 Å². The maximum atomic E-state index is 5.59. The van der Waals surface area contributed by atoms with Gasteiger partial charge in [0.25, 0.3) is 0 Å². The highest BCUT2D eigenvalue weighted by Gasteiger charge is 2.28. The Bertz CT molecular complexity index is 848. The highest BCUT2D eigenvalue weighted by atomic mass is 79.9. The Labute approximate surface area is 211 Å². The van der Waals surface area contributed by atoms with Crippen LogP contribution in [0.4, 0.5) is 11.4 Å². The molecule has 2 rings (SSSR count). The Hall–Kier alpha value is -2.04. The molecule has 3 N–H and O–H groups in total. The Morgan fingerprint density at radius 1 is 1.09 bits per heavy atom. The first kappa shape index (κ1) is 31.0. The molecule has 0 aliphatic heterocycles. The molecule has 184 valence electrons. The summed E-state index contributed by atoms with van der Waals surface area (Å²) in [5.74, 6) is 0.889. The molecule has 33 heavy (non-hydrogen) atoms. The second-order valence-electron chi connectivity index (χ2n) is 7.47. The third-order valence-electron chi connectivity index (χ3n) is 5.43. The van der Waals surface area contributed by atoms with Crippen molar-refractivity contribution < 1.29 is 10.1 Å². The minimum Gasteiger partial charge on any atom is -0.496 e. The van der Waals surface area contributed by atoms with Gasteiger partial charge in [-0.1, -0.05) is 76.2 Å². The number of hydrogen-bond donors (Lipinski definition) is 2. The normalized spacial score (nSPS) is 12.0. The molecule has 0 amide bonds. The van der Waals surface area contributed by atoms with Gasteiger partial charge in [-0.2, -0.15) is 0 Å². The number of ether oxygens (including phenoxy) is 1. The fourth-order valence-electron chi connectivity index (χ4n) is 3.49. The predicted octanol–water partition coefficient (Wildman–Crippen LogP) is 8.09. The zero-order valence-corrected chi connectivity index (χ0v) is 23.7. The SMILES string of the molecule is C=CC[NH2+]c1ccc(Br)cc1C(C)(CC)C/C=C/c1ccc(NCC)cc1OC.CC.CC. The lowest BCUT2D eigenvalue weighted by Crippen LogP contribution is -2.78. The van der Waals surface area contributed by atoms with E-state index in [4.69, 9.17) is 4.74 Å². The van der Waals surface area contributed by atoms with Gasteiger partial charge in [0.15, 0.2) is 0 Å². The number of nitrogens with two attached hydrogens (primary N) is 1. The average Bonchev–Trinajstić information content (AvgIpc) is 2.86. The zero-order chi connectivity index (χ0) is 25.3. The number of benzene rings is 2. The van der Waals surface area contributed by atoms with E-state index in [9.17, 15) is 0 Å². The third-order valence-corrected chi connectivity index (χ3v) is 5.92. The van der Waals surface area contributed by atoms with Crippen molar-refractivity contribution in [1.82, 2.24) is 0 Å². The molecular formula is C29H46BrN2O+. The van der Waals surface area contributed by atoms with Gasteiger partial charge in [-0.05, 0) is 50.1 Å². The van der Waals surface area contributed by atoms with Crippen molar-refractivity contribution in [2.75, 3.05) is 25.5 Å². The molecule has 2 aromatic carbocycles. The van der Waals surface area contributed by atoms with Crippen LogP contribution >= 0.6 is 15.9 Å². The highest BCUT2D eigenvalue weighted by Crippen LogP contribution is 2.37. The fourth-order valence-corrected chi connectivity index (χ4v) is 3.85. The van der Waals surface area contributed by atoms with Gasteiger partial charge in [-0.15, -0.1) is 0 Å². The number of methoxy groups -OCH3 is 1. The van der Waals surface area contributed by atoms with Crippen LogP contribution in [-0.4, -0.2) is 20.2 Å². The summed E-state index contributed by atoms with van der Waals surface area (Å²) in [4.78, 5) is 0. The van der Waals surface area contributed by atoms with Crippen LogP contribution in [0.1, 0.15) is 72.4 Å². The van der Waals surface area contributed by atoms with Gasteiger partial charge in [-0.25, -0.2) is 0 Å². The quantitative estimate of drug-likeness (QED) is 0.233. The molecule has 1 unspecified atom stereocenters. The molecule has 0 aliphatic carbocycles. The second-order valence-corrected chi connectivity index (χ2v) is 8.38. The van der Waals surface area contributed by atoms with Crippen LogP contribution in [0.5, 0.6) is 5.75 Å². The van der Waals surface area contributed by atoms with Gasteiger partial charge in [0.2, 0.25) is 0 Å². The third kappa shape index (κ3) is 9.77. The number of halogens is 1. The first-order valence-electron chi connectivity index (χ1n) is 12.3. The summed E-state index contributed by atoms with van der Waals surface area (Å²) in [5.41, 5.74) is 4.88. The summed E-state index contributed by atoms with van der Waals surface area (Å²) in [6.07, 6.45) is 8.39. The van der Waals surface area contributed by atoms with Crippen LogP contribution in [0.25, 0.3) is 6.08 Å². The minimum atomic E-state index is 0.0459. The lowest BCUT2D eigenvalue weighted by Gasteiger charge is -2.29. The summed E-state index contributed by atoms with van der Waals surface area (Å²) in [6.45, 7) is 20.3. The molecule has 3 nitrogen and oxygen atoms in total. The molecule has 2 aromatic rings. The smallest absolute Gasteiger partial charge is 0.133 e. The van der Waals surface area contributed by atoms with E-state index in [1.807, 2.05) is 33.8 Å². The van der Waals surface area contributed by atoms with E-state index in [0.717, 1.165) is 47.4 Å². The van der Waals surface area contributed by atoms with E-state index in [1.165, 1.54) is 11.3 Å². The topological polar surface area (TPSA) is 37.9 Å². The van der Waals surface area contributed by atoms with E-state index in [1.54, 1.807) is 7.11 Å². The number of nitrogens with one attached hydrogen (secondary N) is 1. The summed E-state index contributed by atoms with van der Waals surface area (Å²) >= 11 is 3.65. The second kappa shape index (κ2) is 17.4. The number of hydrogen-bond acceptors (Lipinski definition) is 2. The van der Waals surface area contributed by atoms with Crippen molar-refractivity contribution in [3.05, 3.63) is 70.7 Å². The Morgan fingerprint density at radius 3 is 2.36 bits per heavy atom. The van der Waals surface area contributed by atoms with E-state index in [0.29, 0.717) is 0 Å². The Balaban J connectivity index is 0.00000242. The van der Waals surface area contributed by atoms with Crippen LogP contribution in [-0.2, 0) is 5.41 Å². The Kier molecular flexibility index (Phi) is 16.4. The lowest BCUT2D eigenvalue weighted by molar-refractivity contribution is -0.561. The van der Waals surface area contributed by atoms with E-state index < -0.39 is 0 Å². The summed E-state index contributed by atoms with van der Waals surface area (Å²) in [6, 6.07) is 12.8. The molecule has 0 spiro atoms. The van der Waals surface area contributed by atoms with Crippen molar-refractivity contribution in [3.63, 3.8) is 0 Å². The largest absolute Gasteiger partial charge is 0.496 e. The highest BCUT2D eigenvalue weighted by molar-refractivity contribution is 9.10. The first-order chi connectivity index (χ1) is 16.0. The molecule has 0 bridgehead atoms. The number of rotatable bonds is 11. The number of anilines is 1. The molecule has 0 radical (unpaired) electrons. The van der Waals surface area contributed by atoms with Crippen molar-refractivity contribution in [1.29, 1.82) is 0 Å². The lowest BCUT2D eigenvalue weighted by atomic mass is 9.76. The Morgan fingerprint density at radius 2 is 1.79 bits per heavy atom. The molecule has 0 saturated carbocycles. The summed E-state index contributed by atoms with van der Waals surface area (Å²) in [7, 11) is 1.72. The predicted molar refractivity (Wildman–Crippen MR) is 152 cm³/mol. The molecule has 0 heterocycles. The van der Waals surface area contributed by atoms with Crippen molar-refractivity contribution in [3.8, 4) is 5.75 Å². The molecule has 0 aliphatic rings. The monoisotopic (exact) mass is 517 g/mol. The molecule has 0 saturated heterocycles. The van der Waals surface area contributed by atoms with Gasteiger partial charge < -0.3 is 15.4 Å². The first-order valence-corrected chi connectivity index (χ1v) is 13.1. The molecule has 0 fully saturated rings. The van der Waals surface area contributed by atoms with Gasteiger partial charge in [0.05, 0.1) is 13.7 Å². The van der Waals surface area contributed by atoms with E-state index in [2.05, 4.69) is 102 Å². The summed E-state index contributed by atoms with van der Waals surface area (Å²) in [5, 5.41) is 5.59. The number of quaternary nitrogens is 1. The molecule has 1 atom stereocenters. The molecule has 0 aromatic heterocycles. The van der Waals surface area contributed by atoms with Crippen LogP contribution in [0.2, 0.25) is 0 Å². The van der Waals surface area contributed by atoms with Crippen LogP contribution in [0.15, 0.2) is 59.6 Å². The number of allylic oxidation sites excluding steroid dienone is 1. The summed E-state index contributed by atoms with van der Waals surface area (Å²) < 4.78 is 6.71. The molecular weight excluding hydrogens is 472 g/mol. The maximum Gasteiger partial charge on any atom is 0.133 e. The van der Waals surface area contributed by atoms with Crippen LogP contribution in [0.3, 0.4) is 0 Å².